The normalized spacial score (nSPS) is 16.6. The van der Waals surface area contributed by atoms with E-state index >= 15 is 0 Å². The van der Waals surface area contributed by atoms with Crippen molar-refractivity contribution in [3.05, 3.63) is 65.7 Å². The molecule has 38 heavy (non-hydrogen) atoms. The van der Waals surface area contributed by atoms with Gasteiger partial charge in [-0.3, -0.25) is 4.79 Å². The second-order valence-electron chi connectivity index (χ2n) is 10.1. The lowest BCUT2D eigenvalue weighted by Gasteiger charge is -2.23. The van der Waals surface area contributed by atoms with Gasteiger partial charge in [0.25, 0.3) is 0 Å². The molecule has 0 unspecified atom stereocenters. The predicted molar refractivity (Wildman–Crippen MR) is 140 cm³/mol. The van der Waals surface area contributed by atoms with Crippen LogP contribution in [0.2, 0.25) is 0 Å². The first-order valence-electron chi connectivity index (χ1n) is 13.3. The Labute approximate surface area is 222 Å². The summed E-state index contributed by atoms with van der Waals surface area (Å²) in [6.07, 6.45) is 9.02. The number of hydrogen-bond acceptors (Lipinski definition) is 6. The molecule has 1 atom stereocenters. The molecule has 7 nitrogen and oxygen atoms in total. The van der Waals surface area contributed by atoms with Gasteiger partial charge in [-0.2, -0.15) is 0 Å². The van der Waals surface area contributed by atoms with Crippen LogP contribution in [0, 0.1) is 11.7 Å². The second kappa shape index (κ2) is 11.8. The van der Waals surface area contributed by atoms with E-state index in [4.69, 9.17) is 19.2 Å². The fourth-order valence-electron chi connectivity index (χ4n) is 5.13. The topological polar surface area (TPSA) is 90.8 Å². The van der Waals surface area contributed by atoms with Crippen molar-refractivity contribution in [2.45, 2.75) is 70.0 Å². The van der Waals surface area contributed by atoms with Crippen LogP contribution in [0.1, 0.15) is 68.5 Å². The first-order chi connectivity index (χ1) is 18.5. The minimum Gasteiger partial charge on any atom is -0.497 e. The Morgan fingerprint density at radius 3 is 2.63 bits per heavy atom. The van der Waals surface area contributed by atoms with Gasteiger partial charge >= 0.3 is 5.97 Å². The van der Waals surface area contributed by atoms with Crippen LogP contribution in [-0.2, 0) is 11.4 Å². The fourth-order valence-corrected chi connectivity index (χ4v) is 5.13. The smallest absolute Gasteiger partial charge is 0.303 e. The summed E-state index contributed by atoms with van der Waals surface area (Å²) in [6.45, 7) is 0.144. The zero-order valence-corrected chi connectivity index (χ0v) is 21.6. The number of aliphatic carboxylic acids is 1. The number of rotatable bonds is 11. The number of carboxylic acids is 1. The third-order valence-electron chi connectivity index (χ3n) is 7.31. The maximum absolute atomic E-state index is 14.8. The lowest BCUT2D eigenvalue weighted by molar-refractivity contribution is -0.137. The average Bonchev–Trinajstić information content (AvgIpc) is 3.77. The van der Waals surface area contributed by atoms with Gasteiger partial charge in [0.15, 0.2) is 0 Å². The van der Waals surface area contributed by atoms with E-state index in [2.05, 4.69) is 4.98 Å². The highest BCUT2D eigenvalue weighted by molar-refractivity contribution is 5.68. The van der Waals surface area contributed by atoms with Gasteiger partial charge in [0.1, 0.15) is 41.4 Å². The number of carboxylic acid groups (broad SMARTS) is 1. The van der Waals surface area contributed by atoms with Crippen molar-refractivity contribution >= 4 is 5.97 Å². The van der Waals surface area contributed by atoms with Crippen LogP contribution in [0.4, 0.5) is 4.39 Å². The average molecular weight is 521 g/mol. The van der Waals surface area contributed by atoms with Gasteiger partial charge in [0.05, 0.1) is 19.7 Å². The number of aromatic nitrogens is 2. The van der Waals surface area contributed by atoms with Crippen LogP contribution in [0.15, 0.2) is 48.7 Å². The Morgan fingerprint density at radius 2 is 1.89 bits per heavy atom. The standard InChI is InChI=1S/C30H33FN2O5/c1-36-23-12-13-27(31)26(15-23)29-30(38-22-7-3-2-4-8-22)33-21(17-32-29)18-37-24-9-5-6-20(14-24)25(16-28(34)35)19-10-11-19/h5-6,9,12-15,17,19,22,25H,2-4,7-8,10-11,16,18H2,1H3,(H,34,35)/t25-/m0/s1. The van der Waals surface area contributed by atoms with Crippen LogP contribution in [-0.4, -0.2) is 34.3 Å². The van der Waals surface area contributed by atoms with E-state index in [1.807, 2.05) is 24.3 Å². The molecule has 2 fully saturated rings. The summed E-state index contributed by atoms with van der Waals surface area (Å²) in [5.74, 6) is 0.626. The number of benzene rings is 2. The quantitative estimate of drug-likeness (QED) is 0.307. The monoisotopic (exact) mass is 520 g/mol. The van der Waals surface area contributed by atoms with E-state index in [9.17, 15) is 14.3 Å². The molecule has 5 rings (SSSR count). The lowest BCUT2D eigenvalue weighted by Crippen LogP contribution is -2.21. The summed E-state index contributed by atoms with van der Waals surface area (Å²) in [5.41, 5.74) is 2.13. The Balaban J connectivity index is 1.37. The number of halogens is 1. The Hall–Kier alpha value is -3.68. The van der Waals surface area contributed by atoms with E-state index in [0.29, 0.717) is 28.8 Å². The highest BCUT2D eigenvalue weighted by atomic mass is 19.1. The molecule has 0 saturated heterocycles. The van der Waals surface area contributed by atoms with E-state index in [1.54, 1.807) is 18.3 Å². The van der Waals surface area contributed by atoms with Gasteiger partial charge in [0, 0.05) is 5.56 Å². The molecular formula is C30H33FN2O5. The summed E-state index contributed by atoms with van der Waals surface area (Å²) in [6, 6.07) is 12.1. The summed E-state index contributed by atoms with van der Waals surface area (Å²) < 4.78 is 32.4. The van der Waals surface area contributed by atoms with Crippen LogP contribution in [0.3, 0.4) is 0 Å². The second-order valence-corrected chi connectivity index (χ2v) is 10.1. The fraction of sp³-hybridized carbons (Fsp3) is 0.433. The van der Waals surface area contributed by atoms with Crippen molar-refractivity contribution in [1.29, 1.82) is 0 Å². The molecule has 0 amide bonds. The molecule has 1 N–H and O–H groups in total. The minimum absolute atomic E-state index is 0.00640. The molecule has 2 saturated carbocycles. The Bertz CT molecular complexity index is 1270. The molecule has 2 aliphatic carbocycles. The van der Waals surface area contributed by atoms with E-state index in [-0.39, 0.29) is 36.5 Å². The molecule has 0 spiro atoms. The largest absolute Gasteiger partial charge is 0.497 e. The van der Waals surface area contributed by atoms with Crippen molar-refractivity contribution in [2.75, 3.05) is 7.11 Å². The van der Waals surface area contributed by atoms with E-state index < -0.39 is 11.8 Å². The third kappa shape index (κ3) is 6.41. The SMILES string of the molecule is COc1ccc(F)c(-c2ncc(COc3cccc([C@@H](CC(=O)O)C4CC4)c3)nc2OC2CCCCC2)c1. The lowest BCUT2D eigenvalue weighted by atomic mass is 9.91. The van der Waals surface area contributed by atoms with Crippen molar-refractivity contribution in [3.8, 4) is 28.6 Å². The molecule has 8 heteroatoms. The van der Waals surface area contributed by atoms with Gasteiger partial charge in [-0.1, -0.05) is 18.6 Å². The predicted octanol–water partition coefficient (Wildman–Crippen LogP) is 6.55. The minimum atomic E-state index is -0.790. The number of hydrogen-bond donors (Lipinski definition) is 1. The molecule has 2 aromatic carbocycles. The molecule has 0 bridgehead atoms. The molecule has 0 aliphatic heterocycles. The number of carbonyl (C=O) groups is 1. The number of methoxy groups -OCH3 is 1. The van der Waals surface area contributed by atoms with Crippen molar-refractivity contribution < 1.29 is 28.5 Å². The molecule has 1 aromatic heterocycles. The zero-order chi connectivity index (χ0) is 26.5. The summed E-state index contributed by atoms with van der Waals surface area (Å²) in [4.78, 5) is 20.6. The van der Waals surface area contributed by atoms with Gasteiger partial charge in [-0.15, -0.1) is 0 Å². The summed E-state index contributed by atoms with van der Waals surface area (Å²) >= 11 is 0. The van der Waals surface area contributed by atoms with Crippen LogP contribution < -0.4 is 14.2 Å². The maximum Gasteiger partial charge on any atom is 0.303 e. The highest BCUT2D eigenvalue weighted by Gasteiger charge is 2.34. The van der Waals surface area contributed by atoms with Crippen LogP contribution >= 0.6 is 0 Å². The molecule has 0 radical (unpaired) electrons. The molecule has 1 heterocycles. The summed E-state index contributed by atoms with van der Waals surface area (Å²) in [7, 11) is 1.53. The molecule has 3 aromatic rings. The number of ether oxygens (including phenoxy) is 3. The Morgan fingerprint density at radius 1 is 1.08 bits per heavy atom. The van der Waals surface area contributed by atoms with Crippen LogP contribution in [0.25, 0.3) is 11.3 Å². The number of nitrogens with zero attached hydrogens (tertiary/aromatic N) is 2. The molecule has 200 valence electrons. The first kappa shape index (κ1) is 25.9. The molecule has 2 aliphatic rings. The van der Waals surface area contributed by atoms with Crippen LogP contribution in [0.5, 0.6) is 17.4 Å². The first-order valence-corrected chi connectivity index (χ1v) is 13.3. The molecular weight excluding hydrogens is 487 g/mol. The van der Waals surface area contributed by atoms with E-state index in [1.165, 1.54) is 19.6 Å². The zero-order valence-electron chi connectivity index (χ0n) is 21.6. The third-order valence-corrected chi connectivity index (χ3v) is 7.31. The van der Waals surface area contributed by atoms with Gasteiger partial charge in [-0.25, -0.2) is 14.4 Å². The van der Waals surface area contributed by atoms with Crippen molar-refractivity contribution in [3.63, 3.8) is 0 Å². The van der Waals surface area contributed by atoms with Crippen molar-refractivity contribution in [1.82, 2.24) is 9.97 Å². The van der Waals surface area contributed by atoms with Gasteiger partial charge < -0.3 is 19.3 Å². The maximum atomic E-state index is 14.8. The van der Waals surface area contributed by atoms with E-state index in [0.717, 1.165) is 44.1 Å². The highest BCUT2D eigenvalue weighted by Crippen LogP contribution is 2.45. The van der Waals surface area contributed by atoms with Crippen molar-refractivity contribution in [2.24, 2.45) is 5.92 Å². The van der Waals surface area contributed by atoms with Gasteiger partial charge in [-0.05, 0) is 86.3 Å². The Kier molecular flexibility index (Phi) is 8.05. The summed E-state index contributed by atoms with van der Waals surface area (Å²) in [5, 5.41) is 9.35. The van der Waals surface area contributed by atoms with Gasteiger partial charge in [0.2, 0.25) is 5.88 Å².